The molecule has 0 saturated carbocycles. The molecule has 2 aliphatic rings. The second kappa shape index (κ2) is 10.7. The number of rotatable bonds is 5. The van der Waals surface area contributed by atoms with Crippen LogP contribution >= 0.6 is 24.0 Å². The lowest BCUT2D eigenvalue weighted by Crippen LogP contribution is -2.45. The third-order valence-electron chi connectivity index (χ3n) is 5.03. The van der Waals surface area contributed by atoms with E-state index in [-0.39, 0.29) is 36.5 Å². The van der Waals surface area contributed by atoms with Gasteiger partial charge in [-0.15, -0.1) is 24.0 Å². The molecule has 1 aromatic rings. The first-order valence-electron chi connectivity index (χ1n) is 9.74. The minimum Gasteiger partial charge on any atom is -0.482 e. The zero-order valence-electron chi connectivity index (χ0n) is 16.3. The topological polar surface area (TPSA) is 57.2 Å². The Balaban J connectivity index is 0.00000261. The van der Waals surface area contributed by atoms with Crippen molar-refractivity contribution < 1.29 is 9.53 Å². The number of anilines is 1. The summed E-state index contributed by atoms with van der Waals surface area (Å²) in [6, 6.07) is 7.72. The van der Waals surface area contributed by atoms with Crippen LogP contribution in [0.25, 0.3) is 0 Å². The van der Waals surface area contributed by atoms with E-state index >= 15 is 0 Å². The molecule has 0 aliphatic carbocycles. The van der Waals surface area contributed by atoms with Crippen LogP contribution in [0.4, 0.5) is 5.69 Å². The number of guanidine groups is 1. The Hall–Kier alpha value is -1.51. The number of piperidine rings is 1. The smallest absolute Gasteiger partial charge is 0.265 e. The minimum atomic E-state index is 0. The molecule has 1 aromatic carbocycles. The average molecular weight is 486 g/mol. The van der Waals surface area contributed by atoms with Crippen molar-refractivity contribution >= 4 is 41.5 Å². The van der Waals surface area contributed by atoms with Gasteiger partial charge in [0.25, 0.3) is 5.91 Å². The Kier molecular flexibility index (Phi) is 8.66. The van der Waals surface area contributed by atoms with E-state index in [1.807, 2.05) is 29.2 Å². The van der Waals surface area contributed by atoms with Crippen LogP contribution in [-0.4, -0.2) is 56.1 Å². The first-order valence-corrected chi connectivity index (χ1v) is 9.74. The normalized spacial score (nSPS) is 17.9. The minimum absolute atomic E-state index is 0. The number of carbonyl (C=O) groups excluding carboxylic acids is 1. The molecule has 2 aliphatic heterocycles. The Labute approximate surface area is 179 Å². The van der Waals surface area contributed by atoms with E-state index in [4.69, 9.17) is 9.73 Å². The molecule has 3 rings (SSSR count). The Morgan fingerprint density at radius 2 is 2.04 bits per heavy atom. The van der Waals surface area contributed by atoms with Crippen LogP contribution < -0.4 is 15.0 Å². The molecule has 6 nitrogen and oxygen atoms in total. The fraction of sp³-hybridized carbons (Fsp3) is 0.600. The molecule has 1 N–H and O–H groups in total. The van der Waals surface area contributed by atoms with E-state index < -0.39 is 0 Å². The van der Waals surface area contributed by atoms with Crippen molar-refractivity contribution in [3.63, 3.8) is 0 Å². The van der Waals surface area contributed by atoms with Crippen LogP contribution in [-0.2, 0) is 4.79 Å². The maximum atomic E-state index is 12.2. The quantitative estimate of drug-likeness (QED) is 0.301. The number of benzene rings is 1. The molecular weight excluding hydrogens is 455 g/mol. The SMILES string of the molecule is CCNC(=NCCCN1C(=O)COc2ccccc21)N1CCC(C)CC1.I. The molecule has 0 radical (unpaired) electrons. The second-order valence-corrected chi connectivity index (χ2v) is 7.06. The summed E-state index contributed by atoms with van der Waals surface area (Å²) in [6.45, 7) is 8.93. The number of nitrogens with zero attached hydrogens (tertiary/aromatic N) is 3. The first kappa shape index (κ1) is 21.8. The highest BCUT2D eigenvalue weighted by Gasteiger charge is 2.24. The number of hydrogen-bond acceptors (Lipinski definition) is 3. The molecular formula is C20H31IN4O2. The number of ether oxygens (including phenoxy) is 1. The Morgan fingerprint density at radius 3 is 2.78 bits per heavy atom. The molecule has 27 heavy (non-hydrogen) atoms. The number of aliphatic imine (C=N–C) groups is 1. The van der Waals surface area contributed by atoms with Crippen molar-refractivity contribution in [2.45, 2.75) is 33.1 Å². The summed E-state index contributed by atoms with van der Waals surface area (Å²) >= 11 is 0. The zero-order chi connectivity index (χ0) is 18.4. The van der Waals surface area contributed by atoms with Crippen molar-refractivity contribution in [1.82, 2.24) is 10.2 Å². The summed E-state index contributed by atoms with van der Waals surface area (Å²) in [5.74, 6) is 2.62. The predicted molar refractivity (Wildman–Crippen MR) is 120 cm³/mol. The molecule has 0 bridgehead atoms. The third-order valence-corrected chi connectivity index (χ3v) is 5.03. The Morgan fingerprint density at radius 1 is 1.30 bits per heavy atom. The molecule has 0 atom stereocenters. The summed E-state index contributed by atoms with van der Waals surface area (Å²) < 4.78 is 5.49. The van der Waals surface area contributed by atoms with Crippen molar-refractivity contribution in [3.05, 3.63) is 24.3 Å². The molecule has 1 fully saturated rings. The van der Waals surface area contributed by atoms with E-state index in [1.165, 1.54) is 12.8 Å². The number of nitrogens with one attached hydrogen (secondary N) is 1. The van der Waals surface area contributed by atoms with Gasteiger partial charge >= 0.3 is 0 Å². The van der Waals surface area contributed by atoms with Crippen LogP contribution in [0.15, 0.2) is 29.3 Å². The number of halogens is 1. The van der Waals surface area contributed by atoms with E-state index in [2.05, 4.69) is 24.1 Å². The number of para-hydroxylation sites is 2. The van der Waals surface area contributed by atoms with Gasteiger partial charge < -0.3 is 19.9 Å². The zero-order valence-corrected chi connectivity index (χ0v) is 18.6. The van der Waals surface area contributed by atoms with E-state index in [9.17, 15) is 4.79 Å². The third kappa shape index (κ3) is 5.73. The molecule has 1 saturated heterocycles. The first-order chi connectivity index (χ1) is 12.7. The molecule has 0 spiro atoms. The van der Waals surface area contributed by atoms with Crippen molar-refractivity contribution in [2.75, 3.05) is 44.2 Å². The molecule has 1 amide bonds. The number of hydrogen-bond donors (Lipinski definition) is 1. The highest BCUT2D eigenvalue weighted by Crippen LogP contribution is 2.31. The number of carbonyl (C=O) groups is 1. The summed E-state index contributed by atoms with van der Waals surface area (Å²) in [5.41, 5.74) is 0.865. The largest absolute Gasteiger partial charge is 0.482 e. The van der Waals surface area contributed by atoms with Gasteiger partial charge in [-0.25, -0.2) is 0 Å². The van der Waals surface area contributed by atoms with Gasteiger partial charge in [-0.2, -0.15) is 0 Å². The van der Waals surface area contributed by atoms with Gasteiger partial charge in [0.05, 0.1) is 5.69 Å². The molecule has 7 heteroatoms. The predicted octanol–water partition coefficient (Wildman–Crippen LogP) is 3.12. The van der Waals surface area contributed by atoms with Gasteiger partial charge in [0.2, 0.25) is 0 Å². The van der Waals surface area contributed by atoms with Crippen molar-refractivity contribution in [2.24, 2.45) is 10.9 Å². The van der Waals surface area contributed by atoms with Crippen LogP contribution in [0, 0.1) is 5.92 Å². The number of likely N-dealkylation sites (tertiary alicyclic amines) is 1. The fourth-order valence-electron chi connectivity index (χ4n) is 3.46. The van der Waals surface area contributed by atoms with Crippen LogP contribution in [0.5, 0.6) is 5.75 Å². The highest BCUT2D eigenvalue weighted by molar-refractivity contribution is 14.0. The second-order valence-electron chi connectivity index (χ2n) is 7.06. The Bertz CT molecular complexity index is 645. The highest BCUT2D eigenvalue weighted by atomic mass is 127. The van der Waals surface area contributed by atoms with Crippen LogP contribution in [0.2, 0.25) is 0 Å². The van der Waals surface area contributed by atoms with Gasteiger partial charge in [-0.1, -0.05) is 19.1 Å². The van der Waals surface area contributed by atoms with Gasteiger partial charge in [0.15, 0.2) is 12.6 Å². The fourth-order valence-corrected chi connectivity index (χ4v) is 3.46. The van der Waals surface area contributed by atoms with E-state index in [1.54, 1.807) is 0 Å². The molecule has 150 valence electrons. The summed E-state index contributed by atoms with van der Waals surface area (Å²) in [5, 5.41) is 3.41. The van der Waals surface area contributed by atoms with Crippen molar-refractivity contribution in [3.8, 4) is 5.75 Å². The maximum absolute atomic E-state index is 12.2. The van der Waals surface area contributed by atoms with Crippen LogP contribution in [0.3, 0.4) is 0 Å². The lowest BCUT2D eigenvalue weighted by molar-refractivity contribution is -0.121. The van der Waals surface area contributed by atoms with E-state index in [0.29, 0.717) is 13.1 Å². The summed E-state index contributed by atoms with van der Waals surface area (Å²) in [6.07, 6.45) is 3.28. The number of fused-ring (bicyclic) bond motifs is 1. The van der Waals surface area contributed by atoms with Crippen molar-refractivity contribution in [1.29, 1.82) is 0 Å². The van der Waals surface area contributed by atoms with Gasteiger partial charge in [0.1, 0.15) is 5.75 Å². The number of amides is 1. The average Bonchev–Trinajstić information content (AvgIpc) is 2.66. The molecule has 2 heterocycles. The van der Waals surface area contributed by atoms with Gasteiger partial charge in [0, 0.05) is 32.7 Å². The standard InChI is InChI=1S/C20H30N4O2.HI/c1-3-21-20(23-13-9-16(2)10-14-23)22-11-6-12-24-17-7-4-5-8-18(17)26-15-19(24)25;/h4-5,7-8,16H,3,6,9-15H2,1-2H3,(H,21,22);1H. The summed E-state index contributed by atoms with van der Waals surface area (Å²) in [7, 11) is 0. The summed E-state index contributed by atoms with van der Waals surface area (Å²) in [4.78, 5) is 21.2. The lowest BCUT2D eigenvalue weighted by atomic mass is 10.00. The monoisotopic (exact) mass is 486 g/mol. The molecule has 0 unspecified atom stereocenters. The lowest BCUT2D eigenvalue weighted by Gasteiger charge is -2.33. The van der Waals surface area contributed by atoms with Gasteiger partial charge in [-0.3, -0.25) is 9.79 Å². The molecule has 0 aromatic heterocycles. The van der Waals surface area contributed by atoms with E-state index in [0.717, 1.165) is 49.4 Å². The van der Waals surface area contributed by atoms with Gasteiger partial charge in [-0.05, 0) is 44.2 Å². The van der Waals surface area contributed by atoms with Crippen LogP contribution in [0.1, 0.15) is 33.1 Å². The maximum Gasteiger partial charge on any atom is 0.265 e.